The number of carbonyl (C=O) groups is 1. The maximum Gasteiger partial charge on any atom is 0.407 e. The van der Waals surface area contributed by atoms with Crippen LogP contribution in [0.25, 0.3) is 0 Å². The predicted molar refractivity (Wildman–Crippen MR) is 90.7 cm³/mol. The number of nitrogens with one attached hydrogen (secondary N) is 1. The van der Waals surface area contributed by atoms with Crippen LogP contribution >= 0.6 is 0 Å². The minimum atomic E-state index is -0.545. The number of hydrogen-bond donors (Lipinski definition) is 3. The molecule has 3 N–H and O–H groups in total. The van der Waals surface area contributed by atoms with E-state index in [1.165, 1.54) is 19.3 Å². The second-order valence-electron chi connectivity index (χ2n) is 8.31. The Bertz CT molecular complexity index is 410. The van der Waals surface area contributed by atoms with Gasteiger partial charge in [0.15, 0.2) is 0 Å². The van der Waals surface area contributed by atoms with E-state index in [0.29, 0.717) is 6.42 Å². The molecule has 0 radical (unpaired) electrons. The molecule has 0 heterocycles. The third-order valence-corrected chi connectivity index (χ3v) is 5.20. The van der Waals surface area contributed by atoms with Gasteiger partial charge in [0.05, 0.1) is 19.3 Å². The van der Waals surface area contributed by atoms with Crippen molar-refractivity contribution in [2.24, 2.45) is 5.41 Å². The predicted octanol–water partition coefficient (Wildman–Crippen LogP) is 2.36. The Morgan fingerprint density at radius 2 is 1.83 bits per heavy atom. The molecule has 0 aromatic carbocycles. The van der Waals surface area contributed by atoms with Gasteiger partial charge in [-0.2, -0.15) is 0 Å². The van der Waals surface area contributed by atoms with E-state index in [4.69, 9.17) is 9.47 Å². The molecule has 2 saturated carbocycles. The van der Waals surface area contributed by atoms with E-state index in [9.17, 15) is 15.0 Å². The first-order chi connectivity index (χ1) is 11.3. The molecule has 24 heavy (non-hydrogen) atoms. The lowest BCUT2D eigenvalue weighted by atomic mass is 9.70. The van der Waals surface area contributed by atoms with Crippen LogP contribution in [0.1, 0.15) is 65.7 Å². The zero-order valence-corrected chi connectivity index (χ0v) is 15.2. The van der Waals surface area contributed by atoms with Gasteiger partial charge in [0, 0.05) is 6.04 Å². The molecule has 140 valence electrons. The number of ether oxygens (including phenoxy) is 2. The number of amides is 1. The fourth-order valence-electron chi connectivity index (χ4n) is 4.18. The number of hydrogen-bond acceptors (Lipinski definition) is 5. The van der Waals surface area contributed by atoms with Crippen LogP contribution < -0.4 is 5.32 Å². The normalized spacial score (nSPS) is 26.8. The van der Waals surface area contributed by atoms with Crippen molar-refractivity contribution in [1.82, 2.24) is 5.32 Å². The van der Waals surface area contributed by atoms with Gasteiger partial charge in [-0.05, 0) is 51.9 Å². The summed E-state index contributed by atoms with van der Waals surface area (Å²) in [6, 6.07) is 0.0238. The molecule has 2 rings (SSSR count). The first-order valence-corrected chi connectivity index (χ1v) is 9.15. The van der Waals surface area contributed by atoms with Crippen LogP contribution in [0.2, 0.25) is 0 Å². The van der Waals surface area contributed by atoms with Crippen molar-refractivity contribution in [3.8, 4) is 0 Å². The molecule has 2 aliphatic carbocycles. The first kappa shape index (κ1) is 19.5. The average molecular weight is 343 g/mol. The summed E-state index contributed by atoms with van der Waals surface area (Å²) >= 11 is 0. The van der Waals surface area contributed by atoms with E-state index in [2.05, 4.69) is 5.32 Å². The zero-order chi connectivity index (χ0) is 17.8. The van der Waals surface area contributed by atoms with Gasteiger partial charge in [-0.3, -0.25) is 0 Å². The molecule has 0 aromatic rings. The Morgan fingerprint density at radius 3 is 2.38 bits per heavy atom. The van der Waals surface area contributed by atoms with Crippen molar-refractivity contribution < 1.29 is 24.5 Å². The Hall–Kier alpha value is -0.850. The highest BCUT2D eigenvalue weighted by Gasteiger charge is 2.49. The van der Waals surface area contributed by atoms with Gasteiger partial charge in [0.25, 0.3) is 0 Å². The maximum absolute atomic E-state index is 12.2. The van der Waals surface area contributed by atoms with Crippen LogP contribution in [-0.4, -0.2) is 53.4 Å². The largest absolute Gasteiger partial charge is 0.444 e. The quantitative estimate of drug-likeness (QED) is 0.713. The van der Waals surface area contributed by atoms with Crippen molar-refractivity contribution >= 4 is 6.09 Å². The summed E-state index contributed by atoms with van der Waals surface area (Å²) in [6.07, 6.45) is 6.34. The van der Waals surface area contributed by atoms with Crippen LogP contribution in [0.4, 0.5) is 4.79 Å². The van der Waals surface area contributed by atoms with E-state index >= 15 is 0 Å². The van der Waals surface area contributed by atoms with E-state index in [-0.39, 0.29) is 36.9 Å². The number of aliphatic hydroxyl groups excluding tert-OH is 2. The van der Waals surface area contributed by atoms with Gasteiger partial charge in [0.1, 0.15) is 11.7 Å². The molecule has 2 aliphatic rings. The number of rotatable bonds is 5. The molecule has 0 bridgehead atoms. The lowest BCUT2D eigenvalue weighted by Gasteiger charge is -2.39. The van der Waals surface area contributed by atoms with E-state index in [0.717, 1.165) is 19.3 Å². The van der Waals surface area contributed by atoms with Crippen LogP contribution in [-0.2, 0) is 9.47 Å². The topological polar surface area (TPSA) is 88.0 Å². The number of alkyl carbamates (subject to hydrolysis) is 1. The molecular weight excluding hydrogens is 310 g/mol. The Balaban J connectivity index is 2.03. The molecular formula is C18H33NO5. The molecule has 1 amide bonds. The Kier molecular flexibility index (Phi) is 6.51. The summed E-state index contributed by atoms with van der Waals surface area (Å²) in [5.74, 6) is 0. The fraction of sp³-hybridized carbons (Fsp3) is 0.944. The lowest BCUT2D eigenvalue weighted by molar-refractivity contribution is -0.0647. The Morgan fingerprint density at radius 1 is 1.21 bits per heavy atom. The standard InChI is InChI=1S/C18H33NO5/c1-17(2,3)24-16(22)19-15-9-13(23-14(11-20)12-21)10-18(15)7-5-4-6-8-18/h13-15,20-21H,4-12H2,1-3H3,(H,19,22)/t13-,15+/m0/s1. The van der Waals surface area contributed by atoms with Gasteiger partial charge in [-0.25, -0.2) is 4.79 Å². The van der Waals surface area contributed by atoms with Crippen molar-refractivity contribution in [3.05, 3.63) is 0 Å². The minimum Gasteiger partial charge on any atom is -0.444 e. The highest BCUT2D eigenvalue weighted by molar-refractivity contribution is 5.68. The van der Waals surface area contributed by atoms with E-state index in [1.807, 2.05) is 20.8 Å². The number of aliphatic hydroxyl groups is 2. The first-order valence-electron chi connectivity index (χ1n) is 9.15. The van der Waals surface area contributed by atoms with Crippen molar-refractivity contribution in [2.45, 2.75) is 89.6 Å². The average Bonchev–Trinajstić information content (AvgIpc) is 2.80. The summed E-state index contributed by atoms with van der Waals surface area (Å²) in [7, 11) is 0. The highest BCUT2D eigenvalue weighted by Crippen LogP contribution is 2.50. The van der Waals surface area contributed by atoms with Crippen molar-refractivity contribution in [2.75, 3.05) is 13.2 Å². The second-order valence-corrected chi connectivity index (χ2v) is 8.31. The molecule has 2 fully saturated rings. The van der Waals surface area contributed by atoms with Gasteiger partial charge in [-0.15, -0.1) is 0 Å². The van der Waals surface area contributed by atoms with Crippen LogP contribution in [0.15, 0.2) is 0 Å². The highest BCUT2D eigenvalue weighted by atomic mass is 16.6. The van der Waals surface area contributed by atoms with Gasteiger partial charge >= 0.3 is 6.09 Å². The summed E-state index contributed by atoms with van der Waals surface area (Å²) in [6.45, 7) is 5.19. The van der Waals surface area contributed by atoms with Crippen molar-refractivity contribution in [1.29, 1.82) is 0 Å². The summed E-state index contributed by atoms with van der Waals surface area (Å²) in [5, 5.41) is 21.6. The number of carbonyl (C=O) groups excluding carboxylic acids is 1. The smallest absolute Gasteiger partial charge is 0.407 e. The molecule has 6 nitrogen and oxygen atoms in total. The molecule has 6 heteroatoms. The minimum absolute atomic E-state index is 0.0238. The third-order valence-electron chi connectivity index (χ3n) is 5.20. The van der Waals surface area contributed by atoms with Gasteiger partial charge < -0.3 is 25.0 Å². The molecule has 0 aromatic heterocycles. The summed E-state index contributed by atoms with van der Waals surface area (Å²) in [4.78, 5) is 12.2. The lowest BCUT2D eigenvalue weighted by Crippen LogP contribution is -2.47. The second kappa shape index (κ2) is 8.02. The van der Waals surface area contributed by atoms with Crippen molar-refractivity contribution in [3.63, 3.8) is 0 Å². The van der Waals surface area contributed by atoms with E-state index < -0.39 is 11.7 Å². The van der Waals surface area contributed by atoms with Gasteiger partial charge in [0.2, 0.25) is 0 Å². The zero-order valence-electron chi connectivity index (χ0n) is 15.2. The maximum atomic E-state index is 12.2. The molecule has 0 aliphatic heterocycles. The Labute approximate surface area is 144 Å². The molecule has 1 spiro atoms. The monoisotopic (exact) mass is 343 g/mol. The summed E-state index contributed by atoms with van der Waals surface area (Å²) < 4.78 is 11.3. The van der Waals surface area contributed by atoms with Crippen LogP contribution in [0, 0.1) is 5.41 Å². The summed E-state index contributed by atoms with van der Waals surface area (Å²) in [5.41, 5.74) is -0.466. The van der Waals surface area contributed by atoms with Crippen LogP contribution in [0.5, 0.6) is 0 Å². The molecule has 2 atom stereocenters. The fourth-order valence-corrected chi connectivity index (χ4v) is 4.18. The molecule has 0 unspecified atom stereocenters. The SMILES string of the molecule is CC(C)(C)OC(=O)N[C@@H]1C[C@H](OC(CO)CO)CC12CCCCC2. The van der Waals surface area contributed by atoms with Gasteiger partial charge in [-0.1, -0.05) is 19.3 Å². The van der Waals surface area contributed by atoms with E-state index in [1.54, 1.807) is 0 Å². The molecule has 0 saturated heterocycles. The third kappa shape index (κ3) is 5.07. The van der Waals surface area contributed by atoms with Crippen LogP contribution in [0.3, 0.4) is 0 Å².